The summed E-state index contributed by atoms with van der Waals surface area (Å²) in [4.78, 5) is 4.04. The van der Waals surface area contributed by atoms with Crippen LogP contribution >= 0.6 is 0 Å². The Morgan fingerprint density at radius 1 is 1.24 bits per heavy atom. The fourth-order valence-corrected chi connectivity index (χ4v) is 1.21. The number of aromatic nitrogens is 3. The van der Waals surface area contributed by atoms with Crippen LogP contribution in [0.5, 0.6) is 0 Å². The molecule has 0 atom stereocenters. The Labute approximate surface area is 94.5 Å². The second-order valence-corrected chi connectivity index (χ2v) is 3.30. The van der Waals surface area contributed by atoms with Gasteiger partial charge in [-0.15, -0.1) is 10.2 Å². The van der Waals surface area contributed by atoms with Crippen molar-refractivity contribution in [2.24, 2.45) is 0 Å². The van der Waals surface area contributed by atoms with Crippen LogP contribution in [0.1, 0.15) is 18.5 Å². The summed E-state index contributed by atoms with van der Waals surface area (Å²) >= 11 is 0. The monoisotopic (exact) mass is 243 g/mol. The van der Waals surface area contributed by atoms with E-state index in [2.05, 4.69) is 19.6 Å². The Morgan fingerprint density at radius 2 is 2.00 bits per heavy atom. The van der Waals surface area contributed by atoms with Gasteiger partial charge in [-0.3, -0.25) is 4.98 Å². The molecule has 90 valence electrons. The van der Waals surface area contributed by atoms with Crippen LogP contribution in [0.25, 0.3) is 11.5 Å². The zero-order valence-electron chi connectivity index (χ0n) is 8.82. The first kappa shape index (κ1) is 11.6. The van der Waals surface area contributed by atoms with E-state index in [1.807, 2.05) is 6.92 Å². The van der Waals surface area contributed by atoms with Gasteiger partial charge in [0.2, 0.25) is 5.89 Å². The summed E-state index contributed by atoms with van der Waals surface area (Å²) in [5.41, 5.74) is 1.20. The smallest absolute Gasteiger partial charge is 0.413 e. The minimum Gasteiger partial charge on any atom is -0.413 e. The average molecular weight is 243 g/mol. The van der Waals surface area contributed by atoms with Crippen molar-refractivity contribution in [3.05, 3.63) is 29.9 Å². The van der Waals surface area contributed by atoms with E-state index in [0.29, 0.717) is 5.56 Å². The third-order valence-electron chi connectivity index (χ3n) is 2.10. The second kappa shape index (κ2) is 4.15. The molecule has 7 heteroatoms. The Hall–Kier alpha value is -1.92. The standard InChI is InChI=1S/C10H8F3N3O/c1-2-7-4-3-6(5-14-7)8-15-16-9(17-8)10(11,12)13/h3-5H,2H2,1H3. The van der Waals surface area contributed by atoms with Gasteiger partial charge in [0.1, 0.15) is 0 Å². The molecular formula is C10H8F3N3O. The zero-order chi connectivity index (χ0) is 12.5. The maximum Gasteiger partial charge on any atom is 0.470 e. The summed E-state index contributed by atoms with van der Waals surface area (Å²) in [5.74, 6) is -1.54. The van der Waals surface area contributed by atoms with Crippen molar-refractivity contribution >= 4 is 0 Å². The molecule has 0 aliphatic carbocycles. The van der Waals surface area contributed by atoms with E-state index in [-0.39, 0.29) is 5.89 Å². The molecule has 0 aliphatic rings. The average Bonchev–Trinajstić information content (AvgIpc) is 2.78. The van der Waals surface area contributed by atoms with E-state index < -0.39 is 12.1 Å². The van der Waals surface area contributed by atoms with Gasteiger partial charge in [0.25, 0.3) is 0 Å². The van der Waals surface area contributed by atoms with E-state index >= 15 is 0 Å². The van der Waals surface area contributed by atoms with Gasteiger partial charge < -0.3 is 4.42 Å². The van der Waals surface area contributed by atoms with Gasteiger partial charge in [-0.25, -0.2) is 0 Å². The number of nitrogens with zero attached hydrogens (tertiary/aromatic N) is 3. The molecule has 0 saturated carbocycles. The van der Waals surface area contributed by atoms with Gasteiger partial charge in [-0.05, 0) is 18.6 Å². The van der Waals surface area contributed by atoms with Crippen molar-refractivity contribution in [1.82, 2.24) is 15.2 Å². The first-order valence-corrected chi connectivity index (χ1v) is 4.86. The molecule has 4 nitrogen and oxygen atoms in total. The van der Waals surface area contributed by atoms with Crippen LogP contribution in [0.15, 0.2) is 22.7 Å². The normalized spacial score (nSPS) is 11.8. The molecule has 0 aliphatic heterocycles. The molecular weight excluding hydrogens is 235 g/mol. The van der Waals surface area contributed by atoms with E-state index in [1.165, 1.54) is 6.20 Å². The highest BCUT2D eigenvalue weighted by Gasteiger charge is 2.38. The van der Waals surface area contributed by atoms with Gasteiger partial charge in [0.15, 0.2) is 0 Å². The Morgan fingerprint density at radius 3 is 2.47 bits per heavy atom. The van der Waals surface area contributed by atoms with Crippen molar-refractivity contribution in [2.75, 3.05) is 0 Å². The highest BCUT2D eigenvalue weighted by Crippen LogP contribution is 2.29. The number of hydrogen-bond donors (Lipinski definition) is 0. The third kappa shape index (κ3) is 2.43. The minimum atomic E-state index is -4.62. The van der Waals surface area contributed by atoms with Gasteiger partial charge in [-0.2, -0.15) is 13.2 Å². The predicted molar refractivity (Wildman–Crippen MR) is 51.9 cm³/mol. The van der Waals surface area contributed by atoms with Gasteiger partial charge >= 0.3 is 12.1 Å². The number of hydrogen-bond acceptors (Lipinski definition) is 4. The summed E-state index contributed by atoms with van der Waals surface area (Å²) in [5, 5.41) is 6.27. The number of aryl methyl sites for hydroxylation is 1. The SMILES string of the molecule is CCc1ccc(-c2nnc(C(F)(F)F)o2)cn1. The maximum atomic E-state index is 12.2. The lowest BCUT2D eigenvalue weighted by Crippen LogP contribution is -2.04. The second-order valence-electron chi connectivity index (χ2n) is 3.30. The molecule has 2 aromatic rings. The van der Waals surface area contributed by atoms with Crippen molar-refractivity contribution in [3.8, 4) is 11.5 Å². The third-order valence-corrected chi connectivity index (χ3v) is 2.10. The van der Waals surface area contributed by atoms with Crippen molar-refractivity contribution in [3.63, 3.8) is 0 Å². The fraction of sp³-hybridized carbons (Fsp3) is 0.300. The topological polar surface area (TPSA) is 51.8 Å². The Kier molecular flexibility index (Phi) is 2.83. The van der Waals surface area contributed by atoms with E-state index in [4.69, 9.17) is 0 Å². The highest BCUT2D eigenvalue weighted by molar-refractivity contribution is 5.50. The number of halogens is 3. The number of pyridine rings is 1. The zero-order valence-corrected chi connectivity index (χ0v) is 8.82. The van der Waals surface area contributed by atoms with Gasteiger partial charge in [-0.1, -0.05) is 6.92 Å². The molecule has 0 aromatic carbocycles. The lowest BCUT2D eigenvalue weighted by molar-refractivity contribution is -0.156. The van der Waals surface area contributed by atoms with Crippen LogP contribution in [0.4, 0.5) is 13.2 Å². The Bertz CT molecular complexity index is 504. The molecule has 0 radical (unpaired) electrons. The molecule has 0 N–H and O–H groups in total. The molecule has 17 heavy (non-hydrogen) atoms. The summed E-state index contributed by atoms with van der Waals surface area (Å²) in [6.45, 7) is 1.93. The predicted octanol–water partition coefficient (Wildman–Crippen LogP) is 2.71. The van der Waals surface area contributed by atoms with Crippen LogP contribution < -0.4 is 0 Å². The molecule has 0 bridgehead atoms. The fourth-order valence-electron chi connectivity index (χ4n) is 1.21. The van der Waals surface area contributed by atoms with Crippen LogP contribution in [0.3, 0.4) is 0 Å². The minimum absolute atomic E-state index is 0.188. The first-order chi connectivity index (χ1) is 8.00. The molecule has 0 amide bonds. The largest absolute Gasteiger partial charge is 0.470 e. The molecule has 0 spiro atoms. The van der Waals surface area contributed by atoms with E-state index in [0.717, 1.165) is 12.1 Å². The molecule has 2 heterocycles. The van der Waals surface area contributed by atoms with Crippen LogP contribution in [0, 0.1) is 0 Å². The number of alkyl halides is 3. The quantitative estimate of drug-likeness (QED) is 0.813. The summed E-state index contributed by atoms with van der Waals surface area (Å²) in [6, 6.07) is 3.30. The van der Waals surface area contributed by atoms with E-state index in [9.17, 15) is 13.2 Å². The molecule has 0 fully saturated rings. The lowest BCUT2D eigenvalue weighted by Gasteiger charge is -1.98. The number of rotatable bonds is 2. The summed E-state index contributed by atoms with van der Waals surface area (Å²) in [6.07, 6.45) is -2.47. The summed E-state index contributed by atoms with van der Waals surface area (Å²) in [7, 11) is 0. The summed E-state index contributed by atoms with van der Waals surface area (Å²) < 4.78 is 41.2. The van der Waals surface area contributed by atoms with Gasteiger partial charge in [0, 0.05) is 11.9 Å². The van der Waals surface area contributed by atoms with Crippen molar-refractivity contribution in [1.29, 1.82) is 0 Å². The maximum absolute atomic E-state index is 12.2. The molecule has 0 unspecified atom stereocenters. The first-order valence-electron chi connectivity index (χ1n) is 4.86. The van der Waals surface area contributed by atoms with Crippen LogP contribution in [-0.2, 0) is 12.6 Å². The highest BCUT2D eigenvalue weighted by atomic mass is 19.4. The molecule has 2 aromatic heterocycles. The molecule has 2 rings (SSSR count). The van der Waals surface area contributed by atoms with Gasteiger partial charge in [0.05, 0.1) is 5.56 Å². The van der Waals surface area contributed by atoms with E-state index in [1.54, 1.807) is 12.1 Å². The van der Waals surface area contributed by atoms with Crippen LogP contribution in [-0.4, -0.2) is 15.2 Å². The lowest BCUT2D eigenvalue weighted by atomic mass is 10.2. The van der Waals surface area contributed by atoms with Crippen molar-refractivity contribution in [2.45, 2.75) is 19.5 Å². The van der Waals surface area contributed by atoms with Crippen LogP contribution in [0.2, 0.25) is 0 Å². The molecule has 0 saturated heterocycles. The van der Waals surface area contributed by atoms with Crippen molar-refractivity contribution < 1.29 is 17.6 Å². The Balaban J connectivity index is 2.30.